The number of nitrogens with zero attached hydrogens (tertiary/aromatic N) is 2. The lowest BCUT2D eigenvalue weighted by Gasteiger charge is -2.26. The van der Waals surface area contributed by atoms with Gasteiger partial charge in [0.15, 0.2) is 5.13 Å². The second kappa shape index (κ2) is 8.83. The van der Waals surface area contributed by atoms with Crippen molar-refractivity contribution in [3.63, 3.8) is 0 Å². The van der Waals surface area contributed by atoms with Crippen LogP contribution in [0.25, 0.3) is 11.3 Å². The topological polar surface area (TPSA) is 77.8 Å². The van der Waals surface area contributed by atoms with Gasteiger partial charge in [-0.3, -0.25) is 14.0 Å². The molecule has 2 heterocycles. The SMILES string of the molecule is CS(O)(O)c1ccc(Nc2nc(-c3ccc(CN4CCOCC4)cc3)cs2)cc1. The van der Waals surface area contributed by atoms with Gasteiger partial charge in [-0.25, -0.2) is 4.98 Å². The van der Waals surface area contributed by atoms with Gasteiger partial charge >= 0.3 is 0 Å². The van der Waals surface area contributed by atoms with E-state index in [1.165, 1.54) is 11.8 Å². The maximum absolute atomic E-state index is 9.71. The summed E-state index contributed by atoms with van der Waals surface area (Å²) in [5, 5.41) is 6.11. The molecule has 3 N–H and O–H groups in total. The van der Waals surface area contributed by atoms with Crippen LogP contribution in [0.5, 0.6) is 0 Å². The van der Waals surface area contributed by atoms with Crippen LogP contribution in [0.3, 0.4) is 0 Å². The predicted octanol–water partition coefficient (Wildman–Crippen LogP) is 5.13. The Morgan fingerprint density at radius 1 is 1.07 bits per heavy atom. The minimum absolute atomic E-state index is 0.528. The maximum Gasteiger partial charge on any atom is 0.187 e. The highest BCUT2D eigenvalue weighted by Crippen LogP contribution is 2.44. The molecule has 1 fully saturated rings. The first-order chi connectivity index (χ1) is 14.0. The molecule has 8 heteroatoms. The van der Waals surface area contributed by atoms with Crippen molar-refractivity contribution in [3.05, 3.63) is 59.5 Å². The molecule has 0 atom stereocenters. The zero-order chi connectivity index (χ0) is 20.3. The van der Waals surface area contributed by atoms with Crippen molar-refractivity contribution in [2.45, 2.75) is 11.4 Å². The minimum atomic E-state index is -2.69. The molecular weight excluding hydrogens is 406 g/mol. The van der Waals surface area contributed by atoms with Gasteiger partial charge in [0.1, 0.15) is 0 Å². The van der Waals surface area contributed by atoms with E-state index in [4.69, 9.17) is 4.74 Å². The fourth-order valence-corrected chi connectivity index (χ4v) is 4.57. The average Bonchev–Trinajstić information content (AvgIpc) is 3.17. The molecule has 1 aliphatic heterocycles. The molecule has 2 aromatic carbocycles. The Morgan fingerprint density at radius 3 is 2.41 bits per heavy atom. The van der Waals surface area contributed by atoms with E-state index in [2.05, 4.69) is 39.5 Å². The fourth-order valence-electron chi connectivity index (χ4n) is 3.18. The van der Waals surface area contributed by atoms with Gasteiger partial charge in [-0.1, -0.05) is 24.3 Å². The van der Waals surface area contributed by atoms with E-state index in [9.17, 15) is 9.11 Å². The van der Waals surface area contributed by atoms with E-state index in [1.54, 1.807) is 23.5 Å². The number of ether oxygens (including phenoxy) is 1. The summed E-state index contributed by atoms with van der Waals surface area (Å²) >= 11 is 1.54. The Kier molecular flexibility index (Phi) is 6.19. The van der Waals surface area contributed by atoms with Crippen LogP contribution in [-0.4, -0.2) is 51.5 Å². The zero-order valence-corrected chi connectivity index (χ0v) is 17.9. The molecule has 29 heavy (non-hydrogen) atoms. The van der Waals surface area contributed by atoms with Crippen LogP contribution < -0.4 is 5.32 Å². The smallest absolute Gasteiger partial charge is 0.187 e. The monoisotopic (exact) mass is 431 g/mol. The van der Waals surface area contributed by atoms with Gasteiger partial charge in [0.05, 0.1) is 23.8 Å². The number of aromatic nitrogens is 1. The number of rotatable bonds is 6. The lowest BCUT2D eigenvalue weighted by atomic mass is 10.1. The van der Waals surface area contributed by atoms with E-state index in [-0.39, 0.29) is 0 Å². The van der Waals surface area contributed by atoms with Gasteiger partial charge in [0.25, 0.3) is 0 Å². The first-order valence-electron chi connectivity index (χ1n) is 9.43. The van der Waals surface area contributed by atoms with E-state index in [0.29, 0.717) is 4.90 Å². The third kappa shape index (κ3) is 5.36. The molecule has 0 spiro atoms. The summed E-state index contributed by atoms with van der Waals surface area (Å²) < 4.78 is 24.8. The molecule has 3 aromatic rings. The highest BCUT2D eigenvalue weighted by Gasteiger charge is 2.12. The van der Waals surface area contributed by atoms with E-state index in [0.717, 1.165) is 54.9 Å². The first-order valence-corrected chi connectivity index (χ1v) is 12.3. The van der Waals surface area contributed by atoms with Crippen LogP contribution in [0.15, 0.2) is 58.8 Å². The van der Waals surface area contributed by atoms with E-state index < -0.39 is 10.6 Å². The van der Waals surface area contributed by atoms with E-state index in [1.807, 2.05) is 17.5 Å². The van der Waals surface area contributed by atoms with Gasteiger partial charge < -0.3 is 10.1 Å². The van der Waals surface area contributed by atoms with Crippen LogP contribution in [0, 0.1) is 0 Å². The molecule has 1 aliphatic rings. The van der Waals surface area contributed by atoms with Gasteiger partial charge in [-0.15, -0.1) is 11.3 Å². The van der Waals surface area contributed by atoms with Crippen molar-refractivity contribution in [2.75, 3.05) is 37.9 Å². The van der Waals surface area contributed by atoms with Crippen molar-refractivity contribution < 1.29 is 13.8 Å². The average molecular weight is 432 g/mol. The second-order valence-electron chi connectivity index (χ2n) is 7.11. The Labute approximate surface area is 176 Å². The highest BCUT2D eigenvalue weighted by molar-refractivity contribution is 8.23. The highest BCUT2D eigenvalue weighted by atomic mass is 32.3. The van der Waals surface area contributed by atoms with Crippen molar-refractivity contribution in [2.24, 2.45) is 0 Å². The molecule has 1 saturated heterocycles. The van der Waals surface area contributed by atoms with Gasteiger partial charge in [-0.05, 0) is 29.8 Å². The van der Waals surface area contributed by atoms with Crippen LogP contribution in [-0.2, 0) is 11.3 Å². The number of nitrogens with one attached hydrogen (secondary N) is 1. The number of anilines is 2. The van der Waals surface area contributed by atoms with Crippen molar-refractivity contribution in [1.29, 1.82) is 0 Å². The predicted molar refractivity (Wildman–Crippen MR) is 120 cm³/mol. The first kappa shape index (κ1) is 20.3. The van der Waals surface area contributed by atoms with Gasteiger partial charge in [0.2, 0.25) is 0 Å². The normalized spacial score (nSPS) is 16.0. The third-order valence-electron chi connectivity index (χ3n) is 4.82. The number of morpholine rings is 1. The molecule has 0 unspecified atom stereocenters. The van der Waals surface area contributed by atoms with Gasteiger partial charge in [0, 0.05) is 42.5 Å². The number of hydrogen-bond donors (Lipinski definition) is 3. The summed E-state index contributed by atoms with van der Waals surface area (Å²) in [7, 11) is -2.69. The summed E-state index contributed by atoms with van der Waals surface area (Å²) in [5.74, 6) is 0. The molecule has 6 nitrogen and oxygen atoms in total. The lowest BCUT2D eigenvalue weighted by Crippen LogP contribution is -2.35. The summed E-state index contributed by atoms with van der Waals surface area (Å²) in [6.07, 6.45) is 1.43. The Balaban J connectivity index is 1.39. The molecular formula is C21H25N3O3S2. The van der Waals surface area contributed by atoms with Crippen molar-refractivity contribution in [3.8, 4) is 11.3 Å². The number of thiazole rings is 1. The molecule has 1 aromatic heterocycles. The zero-order valence-electron chi connectivity index (χ0n) is 16.2. The maximum atomic E-state index is 9.71. The number of benzene rings is 2. The Hall–Kier alpha value is -1.94. The number of hydrogen-bond acceptors (Lipinski definition) is 7. The molecule has 0 amide bonds. The van der Waals surface area contributed by atoms with Crippen LogP contribution in [0.1, 0.15) is 5.56 Å². The second-order valence-corrected chi connectivity index (χ2v) is 10.1. The largest absolute Gasteiger partial charge is 0.379 e. The molecule has 0 aliphatic carbocycles. The van der Waals surface area contributed by atoms with Crippen LogP contribution in [0.2, 0.25) is 0 Å². The Bertz CT molecular complexity index is 931. The van der Waals surface area contributed by atoms with Crippen molar-refractivity contribution >= 4 is 32.7 Å². The van der Waals surface area contributed by atoms with Crippen LogP contribution >= 0.6 is 21.9 Å². The molecule has 0 saturated carbocycles. The molecule has 4 rings (SSSR count). The summed E-state index contributed by atoms with van der Waals surface area (Å²) in [4.78, 5) is 7.62. The van der Waals surface area contributed by atoms with Crippen molar-refractivity contribution in [1.82, 2.24) is 9.88 Å². The lowest BCUT2D eigenvalue weighted by molar-refractivity contribution is 0.0342. The molecule has 0 bridgehead atoms. The van der Waals surface area contributed by atoms with E-state index >= 15 is 0 Å². The van der Waals surface area contributed by atoms with Crippen LogP contribution in [0.4, 0.5) is 10.8 Å². The minimum Gasteiger partial charge on any atom is -0.379 e. The summed E-state index contributed by atoms with van der Waals surface area (Å²) in [6, 6.07) is 15.7. The molecule has 0 radical (unpaired) electrons. The standard InChI is InChI=1S/C21H25N3O3S2/c1-29(25,26)19-8-6-18(7-9-19)22-21-23-20(15-28-21)17-4-2-16(3-5-17)14-24-10-12-27-13-11-24/h2-9,15,25-26H,10-14H2,1H3,(H,22,23). The molecule has 154 valence electrons. The summed E-state index contributed by atoms with van der Waals surface area (Å²) in [5.41, 5.74) is 4.19. The van der Waals surface area contributed by atoms with Gasteiger partial charge in [-0.2, -0.15) is 10.6 Å². The summed E-state index contributed by atoms with van der Waals surface area (Å²) in [6.45, 7) is 4.56. The quantitative estimate of drug-likeness (QED) is 0.502. The Morgan fingerprint density at radius 2 is 1.76 bits per heavy atom. The third-order valence-corrected chi connectivity index (χ3v) is 6.74. The fraction of sp³-hybridized carbons (Fsp3) is 0.286.